The molecule has 1 rings (SSSR count). The van der Waals surface area contributed by atoms with Gasteiger partial charge in [0.05, 0.1) is 0 Å². The van der Waals surface area contributed by atoms with Gasteiger partial charge in [-0.2, -0.15) is 0 Å². The Bertz CT molecular complexity index is 266. The van der Waals surface area contributed by atoms with Gasteiger partial charge in [0.25, 0.3) is 5.91 Å². The first kappa shape index (κ1) is 8.59. The zero-order valence-corrected chi connectivity index (χ0v) is 6.83. The van der Waals surface area contributed by atoms with Crippen LogP contribution in [0.25, 0.3) is 0 Å². The van der Waals surface area contributed by atoms with Crippen molar-refractivity contribution in [1.29, 1.82) is 0 Å². The van der Waals surface area contributed by atoms with E-state index in [0.29, 0.717) is 11.3 Å². The molecule has 0 fully saturated rings. The van der Waals surface area contributed by atoms with Crippen LogP contribution < -0.4 is 10.1 Å². The summed E-state index contributed by atoms with van der Waals surface area (Å²) < 4.78 is 4.70. The predicted molar refractivity (Wildman–Crippen MR) is 45.8 cm³/mol. The molecule has 1 amide bonds. The van der Waals surface area contributed by atoms with Gasteiger partial charge in [0, 0.05) is 12.6 Å². The maximum Gasteiger partial charge on any atom is 0.251 e. The lowest BCUT2D eigenvalue weighted by atomic mass is 10.2. The number of nitrogens with one attached hydrogen (secondary N) is 1. The molecule has 0 spiro atoms. The SMILES string of the molecule is [CH2]Oc1ccc(C(=O)NC)cc1. The van der Waals surface area contributed by atoms with Gasteiger partial charge in [-0.15, -0.1) is 0 Å². The van der Waals surface area contributed by atoms with Crippen molar-refractivity contribution in [2.24, 2.45) is 0 Å². The van der Waals surface area contributed by atoms with Gasteiger partial charge < -0.3 is 10.1 Å². The van der Waals surface area contributed by atoms with Gasteiger partial charge in [-0.1, -0.05) is 0 Å². The summed E-state index contributed by atoms with van der Waals surface area (Å²) in [4.78, 5) is 11.0. The topological polar surface area (TPSA) is 38.3 Å². The van der Waals surface area contributed by atoms with E-state index in [1.165, 1.54) is 0 Å². The van der Waals surface area contributed by atoms with Crippen molar-refractivity contribution in [3.63, 3.8) is 0 Å². The van der Waals surface area contributed by atoms with Crippen LogP contribution in [0.15, 0.2) is 24.3 Å². The molecule has 0 atom stereocenters. The number of rotatable bonds is 2. The first-order valence-electron chi connectivity index (χ1n) is 3.52. The van der Waals surface area contributed by atoms with E-state index in [1.807, 2.05) is 0 Å². The Balaban J connectivity index is 2.84. The van der Waals surface area contributed by atoms with Crippen molar-refractivity contribution in [2.45, 2.75) is 0 Å². The van der Waals surface area contributed by atoms with Crippen LogP contribution in [0, 0.1) is 7.11 Å². The summed E-state index contributed by atoms with van der Waals surface area (Å²) in [7, 11) is 4.84. The van der Waals surface area contributed by atoms with Crippen LogP contribution in [0.2, 0.25) is 0 Å². The maximum absolute atomic E-state index is 11.0. The van der Waals surface area contributed by atoms with Gasteiger partial charge in [0.1, 0.15) is 12.9 Å². The minimum absolute atomic E-state index is 0.106. The predicted octanol–water partition coefficient (Wildman–Crippen LogP) is 1.22. The fraction of sp³-hybridized carbons (Fsp3) is 0.111. The molecule has 0 saturated carbocycles. The third kappa shape index (κ3) is 1.75. The quantitative estimate of drug-likeness (QED) is 0.713. The first-order valence-corrected chi connectivity index (χ1v) is 3.52. The summed E-state index contributed by atoms with van der Waals surface area (Å²) in [6, 6.07) is 6.74. The van der Waals surface area contributed by atoms with Crippen molar-refractivity contribution in [3.8, 4) is 5.75 Å². The molecule has 0 bridgehead atoms. The van der Waals surface area contributed by atoms with Crippen LogP contribution in [0.5, 0.6) is 5.75 Å². The van der Waals surface area contributed by atoms with E-state index in [4.69, 9.17) is 4.74 Å². The van der Waals surface area contributed by atoms with Crippen LogP contribution in [-0.2, 0) is 0 Å². The molecule has 0 aromatic heterocycles. The minimum atomic E-state index is -0.106. The van der Waals surface area contributed by atoms with Crippen LogP contribution in [0.1, 0.15) is 10.4 Å². The summed E-state index contributed by atoms with van der Waals surface area (Å²) in [6.45, 7) is 0. The number of benzene rings is 1. The Morgan fingerprint density at radius 3 is 2.42 bits per heavy atom. The Kier molecular flexibility index (Phi) is 2.69. The number of hydrogen-bond acceptors (Lipinski definition) is 2. The molecule has 1 aromatic carbocycles. The lowest BCUT2D eigenvalue weighted by Gasteiger charge is -2.00. The molecule has 1 N–H and O–H groups in total. The summed E-state index contributed by atoms with van der Waals surface area (Å²) >= 11 is 0. The number of amides is 1. The molecule has 0 aliphatic heterocycles. The molecule has 0 heterocycles. The van der Waals surface area contributed by atoms with E-state index < -0.39 is 0 Å². The molecule has 3 heteroatoms. The Morgan fingerprint density at radius 1 is 1.42 bits per heavy atom. The molecule has 63 valence electrons. The zero-order chi connectivity index (χ0) is 8.97. The van der Waals surface area contributed by atoms with Crippen molar-refractivity contribution in [1.82, 2.24) is 5.32 Å². The maximum atomic E-state index is 11.0. The van der Waals surface area contributed by atoms with E-state index in [-0.39, 0.29) is 5.91 Å². The van der Waals surface area contributed by atoms with Gasteiger partial charge >= 0.3 is 0 Å². The summed E-state index contributed by atoms with van der Waals surface area (Å²) in [5.41, 5.74) is 0.610. The highest BCUT2D eigenvalue weighted by Crippen LogP contribution is 2.11. The van der Waals surface area contributed by atoms with E-state index >= 15 is 0 Å². The largest absolute Gasteiger partial charge is 0.490 e. The molecule has 1 radical (unpaired) electrons. The van der Waals surface area contributed by atoms with Gasteiger partial charge in [0.15, 0.2) is 0 Å². The average molecular weight is 164 g/mol. The summed E-state index contributed by atoms with van der Waals surface area (Å²) in [6.07, 6.45) is 0. The Labute approximate surface area is 71.4 Å². The smallest absolute Gasteiger partial charge is 0.251 e. The average Bonchev–Trinajstić information content (AvgIpc) is 2.17. The highest BCUT2D eigenvalue weighted by molar-refractivity contribution is 5.94. The van der Waals surface area contributed by atoms with Gasteiger partial charge in [-0.3, -0.25) is 4.79 Å². The standard InChI is InChI=1S/C9H10NO2/c1-10-9(11)7-3-5-8(12-2)6-4-7/h3-6H,2H2,1H3,(H,10,11). The fourth-order valence-corrected chi connectivity index (χ4v) is 0.847. The van der Waals surface area contributed by atoms with Crippen molar-refractivity contribution in [3.05, 3.63) is 36.9 Å². The fourth-order valence-electron chi connectivity index (χ4n) is 0.847. The second kappa shape index (κ2) is 3.76. The monoisotopic (exact) mass is 164 g/mol. The molecular formula is C9H10NO2. The van der Waals surface area contributed by atoms with Crippen molar-refractivity contribution in [2.75, 3.05) is 7.05 Å². The van der Waals surface area contributed by atoms with Crippen LogP contribution in [-0.4, -0.2) is 13.0 Å². The Hall–Kier alpha value is -1.51. The highest BCUT2D eigenvalue weighted by Gasteiger charge is 2.01. The molecule has 3 nitrogen and oxygen atoms in total. The third-order valence-corrected chi connectivity index (χ3v) is 1.51. The second-order valence-corrected chi connectivity index (χ2v) is 2.25. The van der Waals surface area contributed by atoms with Crippen LogP contribution in [0.3, 0.4) is 0 Å². The van der Waals surface area contributed by atoms with Crippen LogP contribution in [0.4, 0.5) is 0 Å². The minimum Gasteiger partial charge on any atom is -0.490 e. The zero-order valence-electron chi connectivity index (χ0n) is 6.83. The number of ether oxygens (including phenoxy) is 1. The number of carbonyl (C=O) groups excluding carboxylic acids is 1. The van der Waals surface area contributed by atoms with E-state index in [1.54, 1.807) is 31.3 Å². The third-order valence-electron chi connectivity index (χ3n) is 1.51. The second-order valence-electron chi connectivity index (χ2n) is 2.25. The van der Waals surface area contributed by atoms with Crippen molar-refractivity contribution >= 4 is 5.91 Å². The van der Waals surface area contributed by atoms with Crippen LogP contribution >= 0.6 is 0 Å². The Morgan fingerprint density at radius 2 is 2.00 bits per heavy atom. The number of hydrogen-bond donors (Lipinski definition) is 1. The van der Waals surface area contributed by atoms with Gasteiger partial charge in [-0.25, -0.2) is 0 Å². The van der Waals surface area contributed by atoms with E-state index in [2.05, 4.69) is 12.4 Å². The molecule has 0 unspecified atom stereocenters. The molecule has 0 saturated heterocycles. The summed E-state index contributed by atoms with van der Waals surface area (Å²) in [5, 5.41) is 2.52. The van der Waals surface area contributed by atoms with Crippen molar-refractivity contribution < 1.29 is 9.53 Å². The molecule has 0 aliphatic rings. The molecular weight excluding hydrogens is 154 g/mol. The van der Waals surface area contributed by atoms with Gasteiger partial charge in [-0.05, 0) is 24.3 Å². The highest BCUT2D eigenvalue weighted by atomic mass is 16.5. The van der Waals surface area contributed by atoms with E-state index in [9.17, 15) is 4.79 Å². The lowest BCUT2D eigenvalue weighted by molar-refractivity contribution is 0.0963. The number of carbonyl (C=O) groups is 1. The molecule has 1 aromatic rings. The van der Waals surface area contributed by atoms with E-state index in [0.717, 1.165) is 0 Å². The summed E-state index contributed by atoms with van der Waals surface area (Å²) in [5.74, 6) is 0.535. The lowest BCUT2D eigenvalue weighted by Crippen LogP contribution is -2.17. The molecule has 0 aliphatic carbocycles. The van der Waals surface area contributed by atoms with Gasteiger partial charge in [0.2, 0.25) is 0 Å². The molecule has 12 heavy (non-hydrogen) atoms. The normalized spacial score (nSPS) is 9.17. The first-order chi connectivity index (χ1) is 5.77.